The highest BCUT2D eigenvalue weighted by atomic mass is 16.5. The average molecular weight is 329 g/mol. The van der Waals surface area contributed by atoms with Crippen LogP contribution in [0.5, 0.6) is 0 Å². The zero-order valence-electron chi connectivity index (χ0n) is 14.5. The highest BCUT2D eigenvalue weighted by molar-refractivity contribution is 6.02. The van der Waals surface area contributed by atoms with E-state index in [0.29, 0.717) is 31.0 Å². The predicted molar refractivity (Wildman–Crippen MR) is 90.3 cm³/mol. The van der Waals surface area contributed by atoms with Gasteiger partial charge in [-0.1, -0.05) is 0 Å². The van der Waals surface area contributed by atoms with Crippen molar-refractivity contribution in [2.24, 2.45) is 7.05 Å². The molecule has 1 amide bonds. The number of aromatic nitrogens is 2. The molecule has 1 aliphatic rings. The second kappa shape index (κ2) is 6.28. The van der Waals surface area contributed by atoms with Crippen LogP contribution in [0.1, 0.15) is 50.8 Å². The Labute approximate surface area is 141 Å². The Morgan fingerprint density at radius 3 is 2.67 bits per heavy atom. The van der Waals surface area contributed by atoms with Gasteiger partial charge in [0.05, 0.1) is 19.3 Å². The summed E-state index contributed by atoms with van der Waals surface area (Å²) in [7, 11) is 1.96. The molecular formula is C18H23N3O3. The molecule has 2 aromatic rings. The Morgan fingerprint density at radius 2 is 2.08 bits per heavy atom. The van der Waals surface area contributed by atoms with E-state index in [2.05, 4.69) is 4.98 Å². The summed E-state index contributed by atoms with van der Waals surface area (Å²) >= 11 is 0. The SMILES string of the molecule is CC(=O)c1c(C)[nH]c(C(=O)N2CCOC[C@H]2c2cccn2C)c1C. The molecule has 2 aromatic heterocycles. The van der Waals surface area contributed by atoms with Gasteiger partial charge in [0.15, 0.2) is 5.78 Å². The van der Waals surface area contributed by atoms with Crippen molar-refractivity contribution < 1.29 is 14.3 Å². The number of morpholine rings is 1. The van der Waals surface area contributed by atoms with Gasteiger partial charge in [0.2, 0.25) is 0 Å². The highest BCUT2D eigenvalue weighted by Crippen LogP contribution is 2.28. The number of nitrogens with one attached hydrogen (secondary N) is 1. The second-order valence-electron chi connectivity index (χ2n) is 6.31. The van der Waals surface area contributed by atoms with E-state index in [0.717, 1.165) is 17.0 Å². The number of nitrogens with zero attached hydrogens (tertiary/aromatic N) is 2. The lowest BCUT2D eigenvalue weighted by molar-refractivity contribution is -0.00495. The van der Waals surface area contributed by atoms with Crippen molar-refractivity contribution in [3.63, 3.8) is 0 Å². The van der Waals surface area contributed by atoms with Crippen LogP contribution in [0.4, 0.5) is 0 Å². The zero-order chi connectivity index (χ0) is 17.4. The minimum Gasteiger partial charge on any atom is -0.377 e. The number of ether oxygens (including phenoxy) is 1. The molecule has 6 heteroatoms. The fourth-order valence-corrected chi connectivity index (χ4v) is 3.55. The van der Waals surface area contributed by atoms with E-state index >= 15 is 0 Å². The van der Waals surface area contributed by atoms with Gasteiger partial charge in [-0.25, -0.2) is 0 Å². The van der Waals surface area contributed by atoms with Crippen LogP contribution in [0.2, 0.25) is 0 Å². The number of hydrogen-bond acceptors (Lipinski definition) is 3. The molecule has 1 fully saturated rings. The molecule has 0 aliphatic carbocycles. The Morgan fingerprint density at radius 1 is 1.33 bits per heavy atom. The summed E-state index contributed by atoms with van der Waals surface area (Å²) in [6, 6.07) is 3.84. The zero-order valence-corrected chi connectivity index (χ0v) is 14.5. The second-order valence-corrected chi connectivity index (χ2v) is 6.31. The average Bonchev–Trinajstić information content (AvgIpc) is 3.09. The van der Waals surface area contributed by atoms with Crippen LogP contribution in [0.3, 0.4) is 0 Å². The maximum absolute atomic E-state index is 13.1. The summed E-state index contributed by atoms with van der Waals surface area (Å²) in [6.07, 6.45) is 1.96. The summed E-state index contributed by atoms with van der Waals surface area (Å²) in [6.45, 7) is 6.70. The summed E-state index contributed by atoms with van der Waals surface area (Å²) in [5.74, 6) is -0.112. The number of carbonyl (C=O) groups excluding carboxylic acids is 2. The quantitative estimate of drug-likeness (QED) is 0.879. The summed E-state index contributed by atoms with van der Waals surface area (Å²) in [5, 5.41) is 0. The third-order valence-corrected chi connectivity index (χ3v) is 4.72. The van der Waals surface area contributed by atoms with E-state index < -0.39 is 0 Å². The third kappa shape index (κ3) is 2.67. The maximum atomic E-state index is 13.1. The molecule has 1 saturated heterocycles. The number of aryl methyl sites for hydroxylation is 2. The number of amides is 1. The van der Waals surface area contributed by atoms with E-state index in [1.807, 2.05) is 48.7 Å². The summed E-state index contributed by atoms with van der Waals surface area (Å²) in [4.78, 5) is 29.9. The van der Waals surface area contributed by atoms with Crippen LogP contribution in [-0.4, -0.2) is 45.9 Å². The Bertz CT molecular complexity index is 788. The standard InChI is InChI=1S/C18H23N3O3/c1-11-16(13(3)22)12(2)19-17(11)18(23)21-8-9-24-10-15(21)14-6-5-7-20(14)4/h5-7,15,19H,8-10H2,1-4H3/t15-/m0/s1. The molecule has 3 rings (SSSR count). The molecule has 6 nitrogen and oxygen atoms in total. The molecule has 1 N–H and O–H groups in total. The van der Waals surface area contributed by atoms with Crippen LogP contribution in [0.25, 0.3) is 0 Å². The van der Waals surface area contributed by atoms with Gasteiger partial charge in [-0.05, 0) is 38.5 Å². The van der Waals surface area contributed by atoms with Gasteiger partial charge >= 0.3 is 0 Å². The first kappa shape index (κ1) is 16.5. The van der Waals surface area contributed by atoms with Gasteiger partial charge in [0.25, 0.3) is 5.91 Å². The van der Waals surface area contributed by atoms with Crippen LogP contribution >= 0.6 is 0 Å². The van der Waals surface area contributed by atoms with Gasteiger partial charge in [0.1, 0.15) is 5.69 Å². The third-order valence-electron chi connectivity index (χ3n) is 4.72. The van der Waals surface area contributed by atoms with Gasteiger partial charge in [-0.15, -0.1) is 0 Å². The van der Waals surface area contributed by atoms with Gasteiger partial charge in [0, 0.05) is 36.7 Å². The van der Waals surface area contributed by atoms with E-state index in [-0.39, 0.29) is 17.7 Å². The van der Waals surface area contributed by atoms with E-state index in [4.69, 9.17) is 4.74 Å². The molecule has 0 spiro atoms. The monoisotopic (exact) mass is 329 g/mol. The number of H-pyrrole nitrogens is 1. The Hall–Kier alpha value is -2.34. The van der Waals surface area contributed by atoms with Crippen molar-refractivity contribution in [3.05, 3.63) is 46.5 Å². The molecule has 0 saturated carbocycles. The van der Waals surface area contributed by atoms with Crippen molar-refractivity contribution in [1.29, 1.82) is 0 Å². The first-order chi connectivity index (χ1) is 11.4. The number of carbonyl (C=O) groups is 2. The largest absolute Gasteiger partial charge is 0.377 e. The lowest BCUT2D eigenvalue weighted by Crippen LogP contribution is -2.44. The van der Waals surface area contributed by atoms with E-state index in [1.165, 1.54) is 6.92 Å². The molecule has 1 aliphatic heterocycles. The number of ketones is 1. The lowest BCUT2D eigenvalue weighted by atomic mass is 10.1. The van der Waals surface area contributed by atoms with Crippen molar-refractivity contribution >= 4 is 11.7 Å². The molecule has 3 heterocycles. The first-order valence-electron chi connectivity index (χ1n) is 8.11. The topological polar surface area (TPSA) is 67.3 Å². The summed E-state index contributed by atoms with van der Waals surface area (Å²) < 4.78 is 7.61. The molecule has 0 unspecified atom stereocenters. The van der Waals surface area contributed by atoms with E-state index in [1.54, 1.807) is 0 Å². The highest BCUT2D eigenvalue weighted by Gasteiger charge is 2.33. The molecule has 0 bridgehead atoms. The van der Waals surface area contributed by atoms with Crippen molar-refractivity contribution in [2.75, 3.05) is 19.8 Å². The van der Waals surface area contributed by atoms with Crippen LogP contribution in [-0.2, 0) is 11.8 Å². The van der Waals surface area contributed by atoms with Gasteiger partial charge < -0.3 is 19.2 Å². The van der Waals surface area contributed by atoms with Gasteiger partial charge in [-0.3, -0.25) is 9.59 Å². The van der Waals surface area contributed by atoms with Crippen molar-refractivity contribution in [2.45, 2.75) is 26.8 Å². The summed E-state index contributed by atoms with van der Waals surface area (Å²) in [5.41, 5.74) is 3.62. The molecule has 24 heavy (non-hydrogen) atoms. The van der Waals surface area contributed by atoms with Gasteiger partial charge in [-0.2, -0.15) is 0 Å². The maximum Gasteiger partial charge on any atom is 0.271 e. The van der Waals surface area contributed by atoms with Crippen LogP contribution in [0, 0.1) is 13.8 Å². The number of aromatic amines is 1. The number of Topliss-reactive ketones (excluding diaryl/α,β-unsaturated/α-hetero) is 1. The molecular weight excluding hydrogens is 306 g/mol. The molecule has 0 aromatic carbocycles. The first-order valence-corrected chi connectivity index (χ1v) is 8.11. The number of rotatable bonds is 3. The lowest BCUT2D eigenvalue weighted by Gasteiger charge is -2.35. The Balaban J connectivity index is 1.97. The van der Waals surface area contributed by atoms with Crippen molar-refractivity contribution in [3.8, 4) is 0 Å². The normalized spacial score (nSPS) is 18.0. The number of hydrogen-bond donors (Lipinski definition) is 1. The predicted octanol–water partition coefficient (Wildman–Crippen LogP) is 2.39. The smallest absolute Gasteiger partial charge is 0.271 e. The van der Waals surface area contributed by atoms with Crippen LogP contribution in [0.15, 0.2) is 18.3 Å². The van der Waals surface area contributed by atoms with E-state index in [9.17, 15) is 9.59 Å². The fourth-order valence-electron chi connectivity index (χ4n) is 3.55. The fraction of sp³-hybridized carbons (Fsp3) is 0.444. The van der Waals surface area contributed by atoms with Crippen LogP contribution < -0.4 is 0 Å². The molecule has 0 radical (unpaired) electrons. The molecule has 1 atom stereocenters. The Kier molecular flexibility index (Phi) is 4.32. The van der Waals surface area contributed by atoms with Crippen molar-refractivity contribution in [1.82, 2.24) is 14.5 Å². The molecule has 128 valence electrons. The minimum absolute atomic E-state index is 0.0266. The minimum atomic E-state index is -0.130.